The molecule has 0 saturated heterocycles. The van der Waals surface area contributed by atoms with E-state index in [-0.39, 0.29) is 0 Å². The van der Waals surface area contributed by atoms with Gasteiger partial charge in [0.15, 0.2) is 0 Å². The lowest BCUT2D eigenvalue weighted by atomic mass is 9.97. The number of rotatable bonds is 2. The minimum Gasteiger partial charge on any atom is -0.235 e. The zero-order chi connectivity index (χ0) is 15.5. The lowest BCUT2D eigenvalue weighted by Gasteiger charge is -2.10. The highest BCUT2D eigenvalue weighted by molar-refractivity contribution is 9.10. The summed E-state index contributed by atoms with van der Waals surface area (Å²) in [6.07, 6.45) is 0. The van der Waals surface area contributed by atoms with Crippen LogP contribution in [0, 0.1) is 11.3 Å². The highest BCUT2D eigenvalue weighted by Gasteiger charge is 2.15. The van der Waals surface area contributed by atoms with Crippen LogP contribution < -0.4 is 0 Å². The first kappa shape index (κ1) is 14.8. The molecule has 0 amide bonds. The minimum atomic E-state index is 0.371. The molecule has 0 fully saturated rings. The zero-order valence-corrected chi connectivity index (χ0v) is 13.8. The second-order valence-electron chi connectivity index (χ2n) is 4.70. The number of hydrogen-bond acceptors (Lipinski definition) is 2. The van der Waals surface area contributed by atoms with E-state index in [2.05, 4.69) is 27.0 Å². The number of pyridine rings is 1. The third kappa shape index (κ3) is 2.89. The molecular weight excluding hydrogens is 360 g/mol. The molecule has 0 aliphatic carbocycles. The van der Waals surface area contributed by atoms with E-state index in [1.165, 1.54) is 0 Å². The van der Waals surface area contributed by atoms with Crippen LogP contribution in [0.1, 0.15) is 5.56 Å². The summed E-state index contributed by atoms with van der Waals surface area (Å²) in [5.41, 5.74) is 3.72. The highest BCUT2D eigenvalue weighted by Crippen LogP contribution is 2.33. The van der Waals surface area contributed by atoms with Crippen LogP contribution >= 0.6 is 27.5 Å². The van der Waals surface area contributed by atoms with Crippen molar-refractivity contribution in [3.8, 4) is 28.5 Å². The maximum atomic E-state index is 9.63. The van der Waals surface area contributed by atoms with E-state index in [4.69, 9.17) is 11.6 Å². The van der Waals surface area contributed by atoms with Crippen LogP contribution in [0.5, 0.6) is 0 Å². The Balaban J connectivity index is 2.26. The zero-order valence-electron chi connectivity index (χ0n) is 11.4. The summed E-state index contributed by atoms with van der Waals surface area (Å²) < 4.78 is 0.984. The Morgan fingerprint density at radius 2 is 1.64 bits per heavy atom. The fraction of sp³-hybridized carbons (Fsp3) is 0. The second-order valence-corrected chi connectivity index (χ2v) is 6.00. The van der Waals surface area contributed by atoms with Gasteiger partial charge in [-0.3, -0.25) is 0 Å². The molecule has 0 radical (unpaired) electrons. The van der Waals surface area contributed by atoms with Crippen LogP contribution in [0.2, 0.25) is 5.15 Å². The van der Waals surface area contributed by atoms with Gasteiger partial charge in [-0.1, -0.05) is 70.0 Å². The van der Waals surface area contributed by atoms with Gasteiger partial charge in [0.2, 0.25) is 0 Å². The number of hydrogen-bond donors (Lipinski definition) is 0. The lowest BCUT2D eigenvalue weighted by Crippen LogP contribution is -1.94. The predicted molar refractivity (Wildman–Crippen MR) is 92.5 cm³/mol. The van der Waals surface area contributed by atoms with Crippen molar-refractivity contribution in [1.29, 1.82) is 5.26 Å². The van der Waals surface area contributed by atoms with Crippen molar-refractivity contribution in [3.05, 3.63) is 75.9 Å². The smallest absolute Gasteiger partial charge is 0.130 e. The minimum absolute atomic E-state index is 0.371. The van der Waals surface area contributed by atoms with Crippen LogP contribution in [0.3, 0.4) is 0 Å². The molecule has 0 aliphatic heterocycles. The van der Waals surface area contributed by atoms with Gasteiger partial charge in [0.1, 0.15) is 11.2 Å². The molecule has 3 aromatic rings. The average molecular weight is 370 g/mol. The topological polar surface area (TPSA) is 36.7 Å². The Hall–Kier alpha value is -2.15. The lowest BCUT2D eigenvalue weighted by molar-refractivity contribution is 1.30. The van der Waals surface area contributed by atoms with Crippen LogP contribution in [0.4, 0.5) is 0 Å². The van der Waals surface area contributed by atoms with Gasteiger partial charge in [0, 0.05) is 15.6 Å². The first-order chi connectivity index (χ1) is 10.7. The summed E-state index contributed by atoms with van der Waals surface area (Å²) in [6, 6.07) is 21.4. The van der Waals surface area contributed by atoms with E-state index in [9.17, 15) is 5.26 Å². The first-order valence-electron chi connectivity index (χ1n) is 6.61. The van der Waals surface area contributed by atoms with Gasteiger partial charge in [0.05, 0.1) is 11.3 Å². The standard InChI is InChI=1S/C18H10BrClN2/c19-14-8-6-12(7-9-14)15-10-17(20)22-18(16(15)11-21)13-4-2-1-3-5-13/h1-10H. The highest BCUT2D eigenvalue weighted by atomic mass is 79.9. The van der Waals surface area contributed by atoms with Gasteiger partial charge in [-0.25, -0.2) is 4.98 Å². The summed E-state index contributed by atoms with van der Waals surface area (Å²) in [4.78, 5) is 4.35. The predicted octanol–water partition coefficient (Wildman–Crippen LogP) is 5.70. The van der Waals surface area contributed by atoms with E-state index in [0.29, 0.717) is 16.4 Å². The van der Waals surface area contributed by atoms with Gasteiger partial charge >= 0.3 is 0 Å². The molecule has 1 heterocycles. The summed E-state index contributed by atoms with van der Waals surface area (Å²) in [5, 5.41) is 10.00. The molecule has 22 heavy (non-hydrogen) atoms. The van der Waals surface area contributed by atoms with Gasteiger partial charge in [-0.05, 0) is 23.8 Å². The van der Waals surface area contributed by atoms with Crippen molar-refractivity contribution >= 4 is 27.5 Å². The molecule has 0 aliphatic rings. The van der Waals surface area contributed by atoms with Crippen molar-refractivity contribution in [2.24, 2.45) is 0 Å². The normalized spacial score (nSPS) is 10.2. The SMILES string of the molecule is N#Cc1c(-c2ccc(Br)cc2)cc(Cl)nc1-c1ccccc1. The summed E-state index contributed by atoms with van der Waals surface area (Å²) in [7, 11) is 0. The number of halogens is 2. The fourth-order valence-electron chi connectivity index (χ4n) is 2.29. The quantitative estimate of drug-likeness (QED) is 0.543. The molecule has 4 heteroatoms. The van der Waals surface area contributed by atoms with Crippen molar-refractivity contribution < 1.29 is 0 Å². The largest absolute Gasteiger partial charge is 0.235 e. The fourth-order valence-corrected chi connectivity index (χ4v) is 2.75. The molecule has 3 rings (SSSR count). The van der Waals surface area contributed by atoms with E-state index in [0.717, 1.165) is 21.2 Å². The molecule has 1 aromatic heterocycles. The molecule has 0 spiro atoms. The molecule has 2 nitrogen and oxygen atoms in total. The van der Waals surface area contributed by atoms with Gasteiger partial charge < -0.3 is 0 Å². The number of benzene rings is 2. The molecule has 0 saturated carbocycles. The van der Waals surface area contributed by atoms with Crippen molar-refractivity contribution in [1.82, 2.24) is 4.98 Å². The molecule has 0 bridgehead atoms. The Labute approximate surface area is 142 Å². The van der Waals surface area contributed by atoms with Crippen LogP contribution in [-0.4, -0.2) is 4.98 Å². The van der Waals surface area contributed by atoms with Gasteiger partial charge in [-0.2, -0.15) is 5.26 Å². The molecular formula is C18H10BrClN2. The molecule has 0 N–H and O–H groups in total. The molecule has 106 valence electrons. The first-order valence-corrected chi connectivity index (χ1v) is 7.78. The van der Waals surface area contributed by atoms with Crippen molar-refractivity contribution in [2.45, 2.75) is 0 Å². The summed E-state index contributed by atoms with van der Waals surface area (Å²) in [6.45, 7) is 0. The van der Waals surface area contributed by atoms with Crippen molar-refractivity contribution in [3.63, 3.8) is 0 Å². The van der Waals surface area contributed by atoms with Gasteiger partial charge in [-0.15, -0.1) is 0 Å². The average Bonchev–Trinajstić information content (AvgIpc) is 2.55. The van der Waals surface area contributed by atoms with E-state index in [1.807, 2.05) is 54.6 Å². The number of nitrogens with zero attached hydrogens (tertiary/aromatic N) is 2. The third-order valence-corrected chi connectivity index (χ3v) is 4.02. The summed E-state index contributed by atoms with van der Waals surface area (Å²) >= 11 is 9.60. The molecule has 0 atom stereocenters. The van der Waals surface area contributed by atoms with Gasteiger partial charge in [0.25, 0.3) is 0 Å². The summed E-state index contributed by atoms with van der Waals surface area (Å²) in [5.74, 6) is 0. The Bertz CT molecular complexity index is 853. The van der Waals surface area contributed by atoms with Crippen LogP contribution in [-0.2, 0) is 0 Å². The monoisotopic (exact) mass is 368 g/mol. The second kappa shape index (κ2) is 6.31. The third-order valence-electron chi connectivity index (χ3n) is 3.30. The molecule has 2 aromatic carbocycles. The van der Waals surface area contributed by atoms with E-state index >= 15 is 0 Å². The Morgan fingerprint density at radius 3 is 2.27 bits per heavy atom. The van der Waals surface area contributed by atoms with Crippen molar-refractivity contribution in [2.75, 3.05) is 0 Å². The van der Waals surface area contributed by atoms with E-state index in [1.54, 1.807) is 6.07 Å². The van der Waals surface area contributed by atoms with E-state index < -0.39 is 0 Å². The van der Waals surface area contributed by atoms with Crippen LogP contribution in [0.15, 0.2) is 65.1 Å². The Kier molecular flexibility index (Phi) is 4.24. The Morgan fingerprint density at radius 1 is 0.955 bits per heavy atom. The number of aromatic nitrogens is 1. The maximum absolute atomic E-state index is 9.63. The number of nitriles is 1. The molecule has 0 unspecified atom stereocenters. The van der Waals surface area contributed by atoms with Crippen LogP contribution in [0.25, 0.3) is 22.4 Å². The maximum Gasteiger partial charge on any atom is 0.130 e.